The zero-order chi connectivity index (χ0) is 14.5. The lowest BCUT2D eigenvalue weighted by Gasteiger charge is -2.10. The first kappa shape index (κ1) is 14.5. The van der Waals surface area contributed by atoms with E-state index in [-0.39, 0.29) is 5.97 Å². The highest BCUT2D eigenvalue weighted by atomic mass is 79.9. The van der Waals surface area contributed by atoms with Crippen LogP contribution in [0.5, 0.6) is 0 Å². The zero-order valence-electron chi connectivity index (χ0n) is 11.3. The number of fused-ring (bicyclic) bond motifs is 1. The van der Waals surface area contributed by atoms with Crippen LogP contribution < -0.4 is 5.32 Å². The fourth-order valence-electron chi connectivity index (χ4n) is 1.95. The summed E-state index contributed by atoms with van der Waals surface area (Å²) >= 11 is 3.47. The molecule has 0 unspecified atom stereocenters. The van der Waals surface area contributed by atoms with Crippen molar-refractivity contribution in [1.82, 2.24) is 10.3 Å². The summed E-state index contributed by atoms with van der Waals surface area (Å²) in [6.07, 6.45) is 3.31. The van der Waals surface area contributed by atoms with Crippen molar-refractivity contribution >= 4 is 38.2 Å². The number of ether oxygens (including phenoxy) is 1. The first-order valence-electron chi connectivity index (χ1n) is 6.27. The maximum Gasteiger partial charge on any atom is 0.341 e. The van der Waals surface area contributed by atoms with Crippen molar-refractivity contribution in [3.63, 3.8) is 0 Å². The monoisotopic (exact) mass is 334 g/mol. The molecule has 1 heterocycles. The minimum Gasteiger partial charge on any atom is -0.462 e. The van der Waals surface area contributed by atoms with Crippen LogP contribution in [0.3, 0.4) is 0 Å². The van der Waals surface area contributed by atoms with E-state index >= 15 is 0 Å². The average molecular weight is 335 g/mol. The quantitative estimate of drug-likeness (QED) is 0.689. The minimum atomic E-state index is -0.387. The molecular weight excluding hydrogens is 320 g/mol. The molecule has 0 atom stereocenters. The van der Waals surface area contributed by atoms with E-state index in [0.29, 0.717) is 17.9 Å². The third-order valence-electron chi connectivity index (χ3n) is 2.79. The molecule has 2 rings (SSSR count). The Morgan fingerprint density at radius 2 is 2.10 bits per heavy atom. The van der Waals surface area contributed by atoms with Gasteiger partial charge in [0.05, 0.1) is 12.3 Å². The number of hydrogen-bond donors (Lipinski definition) is 1. The van der Waals surface area contributed by atoms with Crippen molar-refractivity contribution in [3.05, 3.63) is 46.8 Å². The Balaban J connectivity index is 2.63. The molecule has 104 valence electrons. The summed E-state index contributed by atoms with van der Waals surface area (Å²) in [4.78, 5) is 16.5. The third-order valence-corrected chi connectivity index (χ3v) is 3.42. The van der Waals surface area contributed by atoms with Crippen molar-refractivity contribution in [2.75, 3.05) is 13.7 Å². The van der Waals surface area contributed by atoms with Crippen molar-refractivity contribution < 1.29 is 9.53 Å². The van der Waals surface area contributed by atoms with E-state index in [9.17, 15) is 4.79 Å². The fraction of sp³-hybridized carbons (Fsp3) is 0.200. The second kappa shape index (κ2) is 6.52. The number of nitrogens with one attached hydrogen (secondary N) is 1. The molecular formula is C15H15BrN2O2. The smallest absolute Gasteiger partial charge is 0.341 e. The highest BCUT2D eigenvalue weighted by Crippen LogP contribution is 2.29. The van der Waals surface area contributed by atoms with Crippen molar-refractivity contribution in [3.8, 4) is 0 Å². The van der Waals surface area contributed by atoms with Crippen molar-refractivity contribution in [1.29, 1.82) is 0 Å². The number of hydrogen-bond acceptors (Lipinski definition) is 4. The molecule has 0 aliphatic heterocycles. The van der Waals surface area contributed by atoms with Crippen molar-refractivity contribution in [2.45, 2.75) is 6.92 Å². The molecule has 1 N–H and O–H groups in total. The van der Waals surface area contributed by atoms with Crippen LogP contribution in [0.15, 0.2) is 41.1 Å². The summed E-state index contributed by atoms with van der Waals surface area (Å²) in [6.45, 7) is 2.11. The first-order valence-corrected chi connectivity index (χ1v) is 7.06. The molecule has 5 heteroatoms. The van der Waals surface area contributed by atoms with Crippen LogP contribution in [-0.2, 0) is 9.53 Å². The topological polar surface area (TPSA) is 51.2 Å². The second-order valence-corrected chi connectivity index (χ2v) is 4.92. The predicted molar refractivity (Wildman–Crippen MR) is 83.1 cm³/mol. The van der Waals surface area contributed by atoms with Gasteiger partial charge in [0.25, 0.3) is 0 Å². The van der Waals surface area contributed by atoms with Gasteiger partial charge in [-0.2, -0.15) is 0 Å². The largest absolute Gasteiger partial charge is 0.462 e. The molecule has 0 fully saturated rings. The number of carbonyl (C=O) groups is 1. The number of pyridine rings is 1. The van der Waals surface area contributed by atoms with Gasteiger partial charge in [0.15, 0.2) is 0 Å². The predicted octanol–water partition coefficient (Wildman–Crippen LogP) is 3.12. The van der Waals surface area contributed by atoms with Gasteiger partial charge in [0.1, 0.15) is 5.57 Å². The molecule has 0 aliphatic rings. The number of carbonyl (C=O) groups excluding carboxylic acids is 1. The Labute approximate surface area is 126 Å². The lowest BCUT2D eigenvalue weighted by atomic mass is 10.0. The Hall–Kier alpha value is -1.88. The van der Waals surface area contributed by atoms with Gasteiger partial charge in [0.2, 0.25) is 0 Å². The van der Waals surface area contributed by atoms with Gasteiger partial charge in [-0.05, 0) is 28.2 Å². The zero-order valence-corrected chi connectivity index (χ0v) is 12.9. The number of halogens is 1. The van der Waals surface area contributed by atoms with Crippen LogP contribution in [0.1, 0.15) is 12.6 Å². The molecule has 4 nitrogen and oxygen atoms in total. The van der Waals surface area contributed by atoms with E-state index in [2.05, 4.69) is 26.2 Å². The number of rotatable bonds is 4. The van der Waals surface area contributed by atoms with Gasteiger partial charge < -0.3 is 10.1 Å². The Kier molecular flexibility index (Phi) is 4.74. The lowest BCUT2D eigenvalue weighted by Crippen LogP contribution is -2.11. The standard InChI is InChI=1S/C15H15BrN2O2/c1-3-20-15(19)12(8-17-2)14-11-7-5-4-6-10(11)13(16)9-18-14/h4-9,17H,3H2,1-2H3. The van der Waals surface area contributed by atoms with E-state index in [4.69, 9.17) is 4.74 Å². The van der Waals surface area contributed by atoms with Crippen LogP contribution >= 0.6 is 15.9 Å². The average Bonchev–Trinajstić information content (AvgIpc) is 2.46. The number of benzene rings is 1. The molecule has 20 heavy (non-hydrogen) atoms. The van der Waals surface area contributed by atoms with Gasteiger partial charge >= 0.3 is 5.97 Å². The van der Waals surface area contributed by atoms with E-state index in [0.717, 1.165) is 15.2 Å². The Bertz CT molecular complexity index is 668. The van der Waals surface area contributed by atoms with E-state index in [1.54, 1.807) is 26.4 Å². The van der Waals surface area contributed by atoms with E-state index in [1.165, 1.54) is 0 Å². The summed E-state index contributed by atoms with van der Waals surface area (Å²) in [6, 6.07) is 7.78. The van der Waals surface area contributed by atoms with Crippen LogP contribution in [0.4, 0.5) is 0 Å². The molecule has 0 bridgehead atoms. The Morgan fingerprint density at radius 1 is 1.40 bits per heavy atom. The normalized spacial score (nSPS) is 11.4. The Morgan fingerprint density at radius 3 is 2.75 bits per heavy atom. The molecule has 0 aliphatic carbocycles. The summed E-state index contributed by atoms with van der Waals surface area (Å²) in [5, 5.41) is 4.77. The van der Waals surface area contributed by atoms with Gasteiger partial charge in [-0.25, -0.2) is 4.79 Å². The van der Waals surface area contributed by atoms with Gasteiger partial charge in [0, 0.05) is 29.3 Å². The van der Waals surface area contributed by atoms with Gasteiger partial charge in [-0.1, -0.05) is 24.3 Å². The number of aromatic nitrogens is 1. The molecule has 0 saturated heterocycles. The molecule has 1 aromatic heterocycles. The molecule has 2 aromatic rings. The van der Waals surface area contributed by atoms with Gasteiger partial charge in [-0.3, -0.25) is 4.98 Å². The van der Waals surface area contributed by atoms with Gasteiger partial charge in [-0.15, -0.1) is 0 Å². The van der Waals surface area contributed by atoms with E-state index in [1.807, 2.05) is 24.3 Å². The molecule has 0 radical (unpaired) electrons. The highest BCUT2D eigenvalue weighted by Gasteiger charge is 2.18. The van der Waals surface area contributed by atoms with E-state index < -0.39 is 0 Å². The molecule has 0 spiro atoms. The van der Waals surface area contributed by atoms with Crippen LogP contribution in [-0.4, -0.2) is 24.6 Å². The third kappa shape index (κ3) is 2.82. The molecule has 0 amide bonds. The maximum atomic E-state index is 12.1. The fourth-order valence-corrected chi connectivity index (χ4v) is 2.40. The first-order chi connectivity index (χ1) is 9.69. The van der Waals surface area contributed by atoms with Crippen molar-refractivity contribution in [2.24, 2.45) is 0 Å². The molecule has 0 saturated carbocycles. The summed E-state index contributed by atoms with van der Waals surface area (Å²) in [5.41, 5.74) is 1.02. The summed E-state index contributed by atoms with van der Waals surface area (Å²) in [7, 11) is 1.74. The van der Waals surface area contributed by atoms with Crippen LogP contribution in [0.25, 0.3) is 16.3 Å². The summed E-state index contributed by atoms with van der Waals surface area (Å²) < 4.78 is 5.98. The van der Waals surface area contributed by atoms with Crippen LogP contribution in [0, 0.1) is 0 Å². The molecule has 1 aromatic carbocycles. The number of nitrogens with zero attached hydrogens (tertiary/aromatic N) is 1. The van der Waals surface area contributed by atoms with Crippen LogP contribution in [0.2, 0.25) is 0 Å². The number of esters is 1. The maximum absolute atomic E-state index is 12.1. The second-order valence-electron chi connectivity index (χ2n) is 4.07. The minimum absolute atomic E-state index is 0.328. The lowest BCUT2D eigenvalue weighted by molar-refractivity contribution is -0.136. The summed E-state index contributed by atoms with van der Waals surface area (Å²) in [5.74, 6) is -0.387. The SMILES string of the molecule is CCOC(=O)C(=CNC)c1ncc(Br)c2ccccc12. The highest BCUT2D eigenvalue weighted by molar-refractivity contribution is 9.10.